The monoisotopic (exact) mass is 220 g/mol. The average Bonchev–Trinajstić information content (AvgIpc) is 2.39. The van der Waals surface area contributed by atoms with Crippen LogP contribution in [0.4, 0.5) is 0 Å². The zero-order valence-electron chi connectivity index (χ0n) is 10.1. The van der Waals surface area contributed by atoms with Gasteiger partial charge >= 0.3 is 0 Å². The van der Waals surface area contributed by atoms with Crippen LogP contribution in [0.15, 0.2) is 66.8 Å². The molecule has 0 fully saturated rings. The fourth-order valence-corrected chi connectivity index (χ4v) is 2.65. The van der Waals surface area contributed by atoms with Crippen LogP contribution in [-0.4, -0.2) is 0 Å². The lowest BCUT2D eigenvalue weighted by Crippen LogP contribution is -2.19. The van der Waals surface area contributed by atoms with Gasteiger partial charge in [-0.1, -0.05) is 73.7 Å². The highest BCUT2D eigenvalue weighted by Crippen LogP contribution is 2.36. The molecule has 0 saturated heterocycles. The predicted molar refractivity (Wildman–Crippen MR) is 74.2 cm³/mol. The van der Waals surface area contributed by atoms with Crippen molar-refractivity contribution < 1.29 is 0 Å². The maximum atomic E-state index is 2.31. The first-order valence-corrected chi connectivity index (χ1v) is 6.12. The summed E-state index contributed by atoms with van der Waals surface area (Å²) in [5.74, 6) is 0. The molecule has 1 aliphatic carbocycles. The summed E-state index contributed by atoms with van der Waals surface area (Å²) in [4.78, 5) is 0. The minimum atomic E-state index is 0.135. The minimum Gasteiger partial charge on any atom is -0.0834 e. The van der Waals surface area contributed by atoms with Crippen LogP contribution in [0.1, 0.15) is 18.9 Å². The van der Waals surface area contributed by atoms with E-state index in [0.717, 1.165) is 6.42 Å². The molecule has 0 nitrogen and oxygen atoms in total. The van der Waals surface area contributed by atoms with Crippen molar-refractivity contribution in [1.29, 1.82) is 0 Å². The van der Waals surface area contributed by atoms with Gasteiger partial charge in [0.25, 0.3) is 0 Å². The number of benzene rings is 2. The van der Waals surface area contributed by atoms with E-state index < -0.39 is 0 Å². The molecule has 0 N–H and O–H groups in total. The number of allylic oxidation sites excluding steroid dienone is 4. The normalized spacial score (nSPS) is 23.1. The van der Waals surface area contributed by atoms with Gasteiger partial charge in [-0.25, -0.2) is 0 Å². The van der Waals surface area contributed by atoms with Crippen LogP contribution in [0.5, 0.6) is 0 Å². The van der Waals surface area contributed by atoms with Gasteiger partial charge in [0.2, 0.25) is 0 Å². The Morgan fingerprint density at radius 2 is 1.76 bits per heavy atom. The first kappa shape index (κ1) is 10.3. The minimum absolute atomic E-state index is 0.135. The molecule has 0 radical (unpaired) electrons. The second-order valence-electron chi connectivity index (χ2n) is 4.94. The standard InChI is InChI=1S/C17H16/c1-17(12-5-2-6-13-17)16-11-7-9-14-8-3-4-10-15(14)16/h2-12H,13H2,1H3. The van der Waals surface area contributed by atoms with Gasteiger partial charge in [0.05, 0.1) is 0 Å². The lowest BCUT2D eigenvalue weighted by molar-refractivity contribution is 0.605. The molecular weight excluding hydrogens is 204 g/mol. The van der Waals surface area contributed by atoms with Gasteiger partial charge in [0, 0.05) is 5.41 Å². The summed E-state index contributed by atoms with van der Waals surface area (Å²) in [6.45, 7) is 2.31. The van der Waals surface area contributed by atoms with E-state index in [1.54, 1.807) is 0 Å². The Balaban J connectivity index is 2.24. The summed E-state index contributed by atoms with van der Waals surface area (Å²) < 4.78 is 0. The molecule has 0 aromatic heterocycles. The maximum Gasteiger partial charge on any atom is 0.0147 e. The van der Waals surface area contributed by atoms with Crippen molar-refractivity contribution in [3.63, 3.8) is 0 Å². The third kappa shape index (κ3) is 1.70. The third-order valence-corrected chi connectivity index (χ3v) is 3.66. The molecule has 17 heavy (non-hydrogen) atoms. The summed E-state index contributed by atoms with van der Waals surface area (Å²) in [5.41, 5.74) is 1.56. The first-order valence-electron chi connectivity index (χ1n) is 6.12. The molecule has 0 bridgehead atoms. The highest BCUT2D eigenvalue weighted by molar-refractivity contribution is 5.87. The Hall–Kier alpha value is -1.82. The van der Waals surface area contributed by atoms with Crippen LogP contribution in [0.25, 0.3) is 10.8 Å². The highest BCUT2D eigenvalue weighted by Gasteiger charge is 2.24. The van der Waals surface area contributed by atoms with E-state index in [0.29, 0.717) is 0 Å². The lowest BCUT2D eigenvalue weighted by atomic mass is 9.75. The quantitative estimate of drug-likeness (QED) is 0.658. The molecule has 1 atom stereocenters. The highest BCUT2D eigenvalue weighted by atomic mass is 14.3. The summed E-state index contributed by atoms with van der Waals surface area (Å²) >= 11 is 0. The first-order chi connectivity index (χ1) is 8.30. The van der Waals surface area contributed by atoms with Crippen molar-refractivity contribution in [3.05, 3.63) is 72.3 Å². The molecule has 2 aromatic rings. The zero-order valence-corrected chi connectivity index (χ0v) is 10.1. The van der Waals surface area contributed by atoms with Crippen LogP contribution in [0, 0.1) is 0 Å². The topological polar surface area (TPSA) is 0 Å². The number of rotatable bonds is 1. The Kier molecular flexibility index (Phi) is 2.36. The summed E-state index contributed by atoms with van der Waals surface area (Å²) in [7, 11) is 0. The second-order valence-corrected chi connectivity index (χ2v) is 4.94. The largest absolute Gasteiger partial charge is 0.0834 e. The predicted octanol–water partition coefficient (Wildman–Crippen LogP) is 4.61. The summed E-state index contributed by atoms with van der Waals surface area (Å²) in [6.07, 6.45) is 9.94. The van der Waals surface area contributed by atoms with E-state index in [4.69, 9.17) is 0 Å². The smallest absolute Gasteiger partial charge is 0.0147 e. The van der Waals surface area contributed by atoms with Crippen molar-refractivity contribution >= 4 is 10.8 Å². The van der Waals surface area contributed by atoms with Crippen molar-refractivity contribution in [2.45, 2.75) is 18.8 Å². The molecule has 0 heteroatoms. The van der Waals surface area contributed by atoms with E-state index in [-0.39, 0.29) is 5.41 Å². The molecular formula is C17H16. The van der Waals surface area contributed by atoms with Crippen molar-refractivity contribution in [2.24, 2.45) is 0 Å². The number of hydrogen-bond donors (Lipinski definition) is 0. The molecule has 2 aromatic carbocycles. The average molecular weight is 220 g/mol. The Morgan fingerprint density at radius 1 is 0.941 bits per heavy atom. The molecule has 0 heterocycles. The Bertz CT molecular complexity index is 599. The van der Waals surface area contributed by atoms with Gasteiger partial charge in [-0.3, -0.25) is 0 Å². The fourth-order valence-electron chi connectivity index (χ4n) is 2.65. The van der Waals surface area contributed by atoms with Gasteiger partial charge in [-0.2, -0.15) is 0 Å². The maximum absolute atomic E-state index is 2.31. The Labute approximate surface area is 102 Å². The van der Waals surface area contributed by atoms with Crippen LogP contribution in [0.2, 0.25) is 0 Å². The molecule has 0 aliphatic heterocycles. The summed E-state index contributed by atoms with van der Waals surface area (Å²) in [6, 6.07) is 15.2. The lowest BCUT2D eigenvalue weighted by Gasteiger charge is -2.28. The van der Waals surface area contributed by atoms with Crippen molar-refractivity contribution in [3.8, 4) is 0 Å². The van der Waals surface area contributed by atoms with Crippen LogP contribution >= 0.6 is 0 Å². The van der Waals surface area contributed by atoms with Crippen molar-refractivity contribution in [2.75, 3.05) is 0 Å². The molecule has 0 saturated carbocycles. The molecule has 84 valence electrons. The van der Waals surface area contributed by atoms with Crippen LogP contribution in [-0.2, 0) is 5.41 Å². The fraction of sp³-hybridized carbons (Fsp3) is 0.176. The van der Waals surface area contributed by atoms with Crippen LogP contribution < -0.4 is 0 Å². The van der Waals surface area contributed by atoms with E-state index in [9.17, 15) is 0 Å². The Morgan fingerprint density at radius 3 is 2.59 bits per heavy atom. The molecule has 1 unspecified atom stereocenters. The van der Waals surface area contributed by atoms with E-state index in [2.05, 4.69) is 73.7 Å². The zero-order chi connectivity index (χ0) is 11.7. The molecule has 0 spiro atoms. The van der Waals surface area contributed by atoms with Gasteiger partial charge in [0.1, 0.15) is 0 Å². The van der Waals surface area contributed by atoms with Gasteiger partial charge in [-0.05, 0) is 22.8 Å². The van der Waals surface area contributed by atoms with E-state index >= 15 is 0 Å². The van der Waals surface area contributed by atoms with Gasteiger partial charge in [0.15, 0.2) is 0 Å². The SMILES string of the molecule is CC1(c2cccc3ccccc23)C=CC=CC1. The summed E-state index contributed by atoms with van der Waals surface area (Å²) in [5, 5.41) is 2.70. The van der Waals surface area contributed by atoms with Gasteiger partial charge in [-0.15, -0.1) is 0 Å². The number of fused-ring (bicyclic) bond motifs is 1. The van der Waals surface area contributed by atoms with Crippen molar-refractivity contribution in [1.82, 2.24) is 0 Å². The second kappa shape index (κ2) is 3.89. The molecule has 0 amide bonds. The molecule has 3 rings (SSSR count). The van der Waals surface area contributed by atoms with E-state index in [1.165, 1.54) is 16.3 Å². The van der Waals surface area contributed by atoms with Crippen LogP contribution in [0.3, 0.4) is 0 Å². The van der Waals surface area contributed by atoms with Gasteiger partial charge < -0.3 is 0 Å². The molecule has 1 aliphatic rings. The third-order valence-electron chi connectivity index (χ3n) is 3.66. The van der Waals surface area contributed by atoms with E-state index in [1.807, 2.05) is 0 Å². The number of hydrogen-bond acceptors (Lipinski definition) is 0.